The van der Waals surface area contributed by atoms with Crippen LogP contribution in [-0.2, 0) is 16.1 Å². The highest BCUT2D eigenvalue weighted by Crippen LogP contribution is 2.41. The van der Waals surface area contributed by atoms with E-state index in [4.69, 9.17) is 0 Å². The van der Waals surface area contributed by atoms with Crippen molar-refractivity contribution in [3.05, 3.63) is 18.5 Å². The highest BCUT2D eigenvalue weighted by molar-refractivity contribution is 5.79. The molecule has 29 heavy (non-hydrogen) atoms. The van der Waals surface area contributed by atoms with Crippen LogP contribution >= 0.6 is 0 Å². The molecule has 4 heterocycles. The van der Waals surface area contributed by atoms with Crippen molar-refractivity contribution in [2.45, 2.75) is 44.3 Å². The molecule has 3 saturated heterocycles. The summed E-state index contributed by atoms with van der Waals surface area (Å²) in [4.78, 5) is 31.7. The molecule has 0 spiro atoms. The molecule has 3 fully saturated rings. The number of nitrogens with zero attached hydrogens (tertiary/aromatic N) is 5. The normalized spacial score (nSPS) is 29.8. The van der Waals surface area contributed by atoms with Crippen molar-refractivity contribution in [2.24, 2.45) is 11.8 Å². The van der Waals surface area contributed by atoms with Gasteiger partial charge in [-0.15, -0.1) is 0 Å². The lowest BCUT2D eigenvalue weighted by Gasteiger charge is -2.56. The van der Waals surface area contributed by atoms with Crippen LogP contribution in [0.5, 0.6) is 0 Å². The van der Waals surface area contributed by atoms with E-state index < -0.39 is 0 Å². The lowest BCUT2D eigenvalue weighted by molar-refractivity contribution is -0.153. The lowest BCUT2D eigenvalue weighted by Crippen LogP contribution is -2.67. The molecule has 2 amide bonds. The van der Waals surface area contributed by atoms with Gasteiger partial charge < -0.3 is 20.0 Å². The third-order valence-electron chi connectivity index (χ3n) is 6.75. The second kappa shape index (κ2) is 8.83. The number of likely N-dealkylation sites (N-methyl/N-ethyl adjacent to an activating group) is 1. The van der Waals surface area contributed by atoms with E-state index in [1.807, 2.05) is 42.1 Å². The molecule has 0 aliphatic carbocycles. The number of rotatable bonds is 7. The maximum absolute atomic E-state index is 12.8. The van der Waals surface area contributed by atoms with Crippen molar-refractivity contribution in [1.82, 2.24) is 29.8 Å². The monoisotopic (exact) mass is 402 g/mol. The summed E-state index contributed by atoms with van der Waals surface area (Å²) in [5.74, 6) is 1.28. The molecule has 1 aromatic heterocycles. The van der Waals surface area contributed by atoms with Gasteiger partial charge in [-0.05, 0) is 51.3 Å². The molecule has 160 valence electrons. The zero-order valence-corrected chi connectivity index (χ0v) is 17.7. The van der Waals surface area contributed by atoms with Crippen LogP contribution < -0.4 is 5.32 Å². The molecule has 1 N–H and O–H groups in total. The second-order valence-corrected chi connectivity index (χ2v) is 9.15. The molecular formula is C21H34N6O2. The summed E-state index contributed by atoms with van der Waals surface area (Å²) in [6.45, 7) is 4.88. The molecule has 3 aliphatic heterocycles. The molecule has 8 heteroatoms. The third kappa shape index (κ3) is 4.64. The molecule has 0 radical (unpaired) electrons. The number of aromatic nitrogens is 2. The van der Waals surface area contributed by atoms with Crippen molar-refractivity contribution in [1.29, 1.82) is 0 Å². The highest BCUT2D eigenvalue weighted by atomic mass is 16.2. The van der Waals surface area contributed by atoms with Crippen LogP contribution in [0.4, 0.5) is 0 Å². The van der Waals surface area contributed by atoms with Crippen LogP contribution in [0.2, 0.25) is 0 Å². The van der Waals surface area contributed by atoms with Gasteiger partial charge in [0.05, 0.1) is 19.1 Å². The van der Waals surface area contributed by atoms with E-state index in [0.29, 0.717) is 37.4 Å². The van der Waals surface area contributed by atoms with E-state index in [2.05, 4.69) is 20.2 Å². The summed E-state index contributed by atoms with van der Waals surface area (Å²) in [7, 11) is 3.79. The largest absolute Gasteiger partial charge is 0.353 e. The van der Waals surface area contributed by atoms with E-state index in [1.54, 1.807) is 0 Å². The van der Waals surface area contributed by atoms with Gasteiger partial charge in [0.25, 0.3) is 0 Å². The Morgan fingerprint density at radius 1 is 1.28 bits per heavy atom. The maximum atomic E-state index is 12.8. The topological polar surface area (TPSA) is 73.7 Å². The zero-order chi connectivity index (χ0) is 20.4. The van der Waals surface area contributed by atoms with Gasteiger partial charge in [0.2, 0.25) is 11.8 Å². The minimum Gasteiger partial charge on any atom is -0.353 e. The summed E-state index contributed by atoms with van der Waals surface area (Å²) in [6.07, 6.45) is 7.74. The Bertz CT molecular complexity index is 706. The number of piperidine rings is 3. The fourth-order valence-corrected chi connectivity index (χ4v) is 5.56. The van der Waals surface area contributed by atoms with E-state index in [9.17, 15) is 9.59 Å². The van der Waals surface area contributed by atoms with Crippen LogP contribution in [0.1, 0.15) is 25.7 Å². The number of amides is 2. The number of hydrogen-bond acceptors (Lipinski definition) is 5. The van der Waals surface area contributed by atoms with E-state index >= 15 is 0 Å². The maximum Gasteiger partial charge on any atom is 0.234 e. The van der Waals surface area contributed by atoms with Crippen LogP contribution in [0.25, 0.3) is 0 Å². The minimum absolute atomic E-state index is 0.0319. The van der Waals surface area contributed by atoms with E-state index in [0.717, 1.165) is 39.0 Å². The zero-order valence-electron chi connectivity index (χ0n) is 17.7. The Labute approximate surface area is 173 Å². The average Bonchev–Trinajstić information content (AvgIpc) is 3.20. The SMILES string of the molecule is CN(C)CC(=O)NC[C@H]1[C@H]2C[C@H](CN(CCn3cccn3)C2)[C@@H]2CCCC(=O)N21. The average molecular weight is 403 g/mol. The first-order valence-corrected chi connectivity index (χ1v) is 10.9. The van der Waals surface area contributed by atoms with E-state index in [-0.39, 0.29) is 17.9 Å². The summed E-state index contributed by atoms with van der Waals surface area (Å²) in [5.41, 5.74) is 0. The molecule has 0 unspecified atom stereocenters. The Kier molecular flexibility index (Phi) is 6.20. The fraction of sp³-hybridized carbons (Fsp3) is 0.762. The molecule has 4 atom stereocenters. The van der Waals surface area contributed by atoms with Crippen molar-refractivity contribution >= 4 is 11.8 Å². The number of carbonyl (C=O) groups excluding carboxylic acids is 2. The van der Waals surface area contributed by atoms with Gasteiger partial charge in [0.15, 0.2) is 0 Å². The molecular weight excluding hydrogens is 368 g/mol. The van der Waals surface area contributed by atoms with Gasteiger partial charge >= 0.3 is 0 Å². The van der Waals surface area contributed by atoms with Gasteiger partial charge in [0.1, 0.15) is 0 Å². The van der Waals surface area contributed by atoms with Gasteiger partial charge in [-0.1, -0.05) is 0 Å². The lowest BCUT2D eigenvalue weighted by atomic mass is 9.72. The molecule has 0 aromatic carbocycles. The Morgan fingerprint density at radius 2 is 2.10 bits per heavy atom. The first kappa shape index (κ1) is 20.3. The van der Waals surface area contributed by atoms with Crippen LogP contribution in [0.15, 0.2) is 18.5 Å². The van der Waals surface area contributed by atoms with Gasteiger partial charge in [-0.2, -0.15) is 5.10 Å². The number of fused-ring (bicyclic) bond motifs is 4. The first-order chi connectivity index (χ1) is 14.0. The number of hydrogen-bond donors (Lipinski definition) is 1. The highest BCUT2D eigenvalue weighted by Gasteiger charge is 2.49. The fourth-order valence-electron chi connectivity index (χ4n) is 5.56. The van der Waals surface area contributed by atoms with Crippen molar-refractivity contribution < 1.29 is 9.59 Å². The molecule has 3 aliphatic rings. The van der Waals surface area contributed by atoms with Crippen LogP contribution in [0.3, 0.4) is 0 Å². The molecule has 4 rings (SSSR count). The Hall–Kier alpha value is -1.93. The Morgan fingerprint density at radius 3 is 2.86 bits per heavy atom. The molecule has 2 bridgehead atoms. The van der Waals surface area contributed by atoms with Gasteiger partial charge in [-0.3, -0.25) is 14.3 Å². The number of carbonyl (C=O) groups is 2. The summed E-state index contributed by atoms with van der Waals surface area (Å²) in [5, 5.41) is 7.42. The smallest absolute Gasteiger partial charge is 0.234 e. The van der Waals surface area contributed by atoms with Crippen molar-refractivity contribution in [2.75, 3.05) is 46.8 Å². The Balaban J connectivity index is 1.44. The molecule has 1 aromatic rings. The minimum atomic E-state index is 0.0319. The third-order valence-corrected chi connectivity index (χ3v) is 6.75. The second-order valence-electron chi connectivity index (χ2n) is 9.15. The van der Waals surface area contributed by atoms with Crippen molar-refractivity contribution in [3.63, 3.8) is 0 Å². The van der Waals surface area contributed by atoms with Crippen molar-refractivity contribution in [3.8, 4) is 0 Å². The quantitative estimate of drug-likeness (QED) is 0.708. The predicted octanol–water partition coefficient (Wildman–Crippen LogP) is 0.262. The number of nitrogens with one attached hydrogen (secondary N) is 1. The number of likely N-dealkylation sites (tertiary alicyclic amines) is 1. The summed E-state index contributed by atoms with van der Waals surface area (Å²) in [6, 6.07) is 2.40. The van der Waals surface area contributed by atoms with E-state index in [1.165, 1.54) is 6.42 Å². The van der Waals surface area contributed by atoms with Gasteiger partial charge in [0, 0.05) is 51.0 Å². The first-order valence-electron chi connectivity index (χ1n) is 10.9. The molecule has 0 saturated carbocycles. The summed E-state index contributed by atoms with van der Waals surface area (Å²) < 4.78 is 1.99. The van der Waals surface area contributed by atoms with Crippen LogP contribution in [0, 0.1) is 11.8 Å². The van der Waals surface area contributed by atoms with Crippen LogP contribution in [-0.4, -0.2) is 95.2 Å². The standard InChI is InChI=1S/C21H34N6O2/c1-24(2)15-20(28)22-12-19-17-11-16(18-5-3-6-21(29)27(18)19)13-25(14-17)9-10-26-8-4-7-23-26/h4,7-8,16-19H,3,5-6,9-15H2,1-2H3,(H,22,28)/t16-,17+,18+,19+/m1/s1. The molecule has 8 nitrogen and oxygen atoms in total. The summed E-state index contributed by atoms with van der Waals surface area (Å²) >= 11 is 0. The van der Waals surface area contributed by atoms with Gasteiger partial charge in [-0.25, -0.2) is 0 Å². The predicted molar refractivity (Wildman–Crippen MR) is 110 cm³/mol.